The number of amidine groups is 2. The van der Waals surface area contributed by atoms with Crippen LogP contribution in [-0.2, 0) is 10.5 Å². The third-order valence-corrected chi connectivity index (χ3v) is 4.68. The van der Waals surface area contributed by atoms with Crippen molar-refractivity contribution in [3.63, 3.8) is 0 Å². The molecule has 1 amide bonds. The summed E-state index contributed by atoms with van der Waals surface area (Å²) in [6.45, 7) is 0.207. The van der Waals surface area contributed by atoms with Crippen molar-refractivity contribution >= 4 is 34.4 Å². The Kier molecular flexibility index (Phi) is 3.46. The second kappa shape index (κ2) is 5.62. The van der Waals surface area contributed by atoms with Gasteiger partial charge in [-0.25, -0.2) is 9.38 Å². The molecule has 114 valence electrons. The van der Waals surface area contributed by atoms with E-state index in [2.05, 4.69) is 9.98 Å². The molecule has 2 aliphatic rings. The number of hydrogen-bond donors (Lipinski definition) is 0. The molecule has 0 atom stereocenters. The van der Waals surface area contributed by atoms with Crippen LogP contribution in [0.5, 0.6) is 0 Å². The Morgan fingerprint density at radius 1 is 1.13 bits per heavy atom. The fourth-order valence-electron chi connectivity index (χ4n) is 2.60. The van der Waals surface area contributed by atoms with Crippen LogP contribution in [0.4, 0.5) is 10.1 Å². The van der Waals surface area contributed by atoms with Crippen LogP contribution < -0.4 is 0 Å². The summed E-state index contributed by atoms with van der Waals surface area (Å²) >= 11 is 1.48. The molecule has 0 aromatic heterocycles. The fourth-order valence-corrected chi connectivity index (χ4v) is 3.54. The first-order valence-corrected chi connectivity index (χ1v) is 8.14. The number of halogens is 1. The van der Waals surface area contributed by atoms with Gasteiger partial charge < -0.3 is 0 Å². The smallest absolute Gasteiger partial charge is 0.267 e. The summed E-state index contributed by atoms with van der Waals surface area (Å²) in [5.74, 6) is 0.812. The zero-order chi connectivity index (χ0) is 15.8. The number of rotatable bonds is 2. The maximum absolute atomic E-state index is 13.3. The summed E-state index contributed by atoms with van der Waals surface area (Å²) in [5.41, 5.74) is 2.55. The molecule has 0 N–H and O–H groups in total. The standard InChI is InChI=1S/C17H12FN3OS/c18-12-5-3-4-11(8-12)10-23-17-19-14-7-2-1-6-13(14)16-20-15(22)9-21(16)17/h1-8H,9-10H2. The molecule has 0 radical (unpaired) electrons. The van der Waals surface area contributed by atoms with Crippen LogP contribution in [-0.4, -0.2) is 28.4 Å². The van der Waals surface area contributed by atoms with E-state index in [1.165, 1.54) is 23.9 Å². The minimum Gasteiger partial charge on any atom is -0.295 e. The van der Waals surface area contributed by atoms with Gasteiger partial charge in [0.25, 0.3) is 5.91 Å². The number of benzene rings is 2. The number of para-hydroxylation sites is 1. The molecule has 0 aliphatic carbocycles. The van der Waals surface area contributed by atoms with Gasteiger partial charge in [-0.2, -0.15) is 4.99 Å². The highest BCUT2D eigenvalue weighted by molar-refractivity contribution is 8.13. The fraction of sp³-hybridized carbons (Fsp3) is 0.118. The highest BCUT2D eigenvalue weighted by atomic mass is 32.2. The summed E-state index contributed by atoms with van der Waals surface area (Å²) < 4.78 is 13.3. The monoisotopic (exact) mass is 325 g/mol. The summed E-state index contributed by atoms with van der Waals surface area (Å²) in [7, 11) is 0. The van der Waals surface area contributed by atoms with Gasteiger partial charge >= 0.3 is 0 Å². The van der Waals surface area contributed by atoms with Crippen molar-refractivity contribution < 1.29 is 9.18 Å². The molecule has 0 spiro atoms. The molecule has 6 heteroatoms. The predicted molar refractivity (Wildman–Crippen MR) is 89.5 cm³/mol. The number of carbonyl (C=O) groups excluding carboxylic acids is 1. The second-order valence-electron chi connectivity index (χ2n) is 5.25. The Labute approximate surface area is 136 Å². The molecule has 2 aliphatic heterocycles. The normalized spacial score (nSPS) is 15.9. The lowest BCUT2D eigenvalue weighted by Gasteiger charge is -2.26. The zero-order valence-corrected chi connectivity index (χ0v) is 12.9. The Morgan fingerprint density at radius 2 is 2.00 bits per heavy atom. The van der Waals surface area contributed by atoms with E-state index in [0.29, 0.717) is 11.6 Å². The van der Waals surface area contributed by atoms with Crippen molar-refractivity contribution in [1.29, 1.82) is 0 Å². The van der Waals surface area contributed by atoms with E-state index < -0.39 is 0 Å². The van der Waals surface area contributed by atoms with Gasteiger partial charge in [-0.05, 0) is 29.8 Å². The van der Waals surface area contributed by atoms with Crippen molar-refractivity contribution in [3.05, 3.63) is 65.5 Å². The Hall–Kier alpha value is -2.47. The van der Waals surface area contributed by atoms with Gasteiger partial charge in [-0.3, -0.25) is 9.69 Å². The van der Waals surface area contributed by atoms with Crippen LogP contribution in [0.1, 0.15) is 11.1 Å². The highest BCUT2D eigenvalue weighted by Crippen LogP contribution is 2.32. The Morgan fingerprint density at radius 3 is 2.87 bits per heavy atom. The minimum absolute atomic E-state index is 0.171. The molecule has 0 bridgehead atoms. The van der Waals surface area contributed by atoms with Gasteiger partial charge in [-0.15, -0.1) is 0 Å². The SMILES string of the molecule is O=C1CN2C(SCc3cccc(F)c3)=Nc3ccccc3C2=N1. The molecular weight excluding hydrogens is 313 g/mol. The molecule has 2 aromatic rings. The number of aliphatic imine (C=N–C) groups is 2. The Bertz CT molecular complexity index is 862. The molecule has 0 unspecified atom stereocenters. The van der Waals surface area contributed by atoms with Crippen molar-refractivity contribution in [2.75, 3.05) is 6.54 Å². The van der Waals surface area contributed by atoms with E-state index in [1.807, 2.05) is 35.2 Å². The molecule has 0 saturated heterocycles. The lowest BCUT2D eigenvalue weighted by molar-refractivity contribution is -0.116. The largest absolute Gasteiger partial charge is 0.295 e. The lowest BCUT2D eigenvalue weighted by atomic mass is 10.1. The average Bonchev–Trinajstić information content (AvgIpc) is 2.94. The molecular formula is C17H12FN3OS. The quantitative estimate of drug-likeness (QED) is 0.850. The van der Waals surface area contributed by atoms with Gasteiger partial charge in [0.1, 0.15) is 18.2 Å². The van der Waals surface area contributed by atoms with Crippen LogP contribution in [0.25, 0.3) is 0 Å². The summed E-state index contributed by atoms with van der Waals surface area (Å²) in [6.07, 6.45) is 0. The van der Waals surface area contributed by atoms with Gasteiger partial charge in [-0.1, -0.05) is 36.0 Å². The van der Waals surface area contributed by atoms with E-state index in [0.717, 1.165) is 22.0 Å². The first-order valence-electron chi connectivity index (χ1n) is 7.15. The van der Waals surface area contributed by atoms with Crippen molar-refractivity contribution in [3.8, 4) is 0 Å². The number of fused-ring (bicyclic) bond motifs is 3. The number of amides is 1. The minimum atomic E-state index is -0.252. The van der Waals surface area contributed by atoms with E-state index in [4.69, 9.17) is 0 Å². The number of hydrogen-bond acceptors (Lipinski definition) is 4. The first-order chi connectivity index (χ1) is 11.2. The van der Waals surface area contributed by atoms with Crippen LogP contribution >= 0.6 is 11.8 Å². The number of nitrogens with zero attached hydrogens (tertiary/aromatic N) is 3. The van der Waals surface area contributed by atoms with Gasteiger partial charge in [0.05, 0.1) is 5.69 Å². The Balaban J connectivity index is 1.65. The number of carbonyl (C=O) groups is 1. The van der Waals surface area contributed by atoms with Gasteiger partial charge in [0.15, 0.2) is 5.17 Å². The molecule has 23 heavy (non-hydrogen) atoms. The summed E-state index contributed by atoms with van der Waals surface area (Å²) in [5, 5.41) is 0.720. The number of thioether (sulfide) groups is 1. The third-order valence-electron chi connectivity index (χ3n) is 3.63. The summed E-state index contributed by atoms with van der Waals surface area (Å²) in [6, 6.07) is 14.1. The van der Waals surface area contributed by atoms with E-state index >= 15 is 0 Å². The van der Waals surface area contributed by atoms with Crippen LogP contribution in [0.3, 0.4) is 0 Å². The van der Waals surface area contributed by atoms with Crippen molar-refractivity contribution in [2.24, 2.45) is 9.98 Å². The van der Waals surface area contributed by atoms with Crippen LogP contribution in [0, 0.1) is 5.82 Å². The maximum atomic E-state index is 13.3. The van der Waals surface area contributed by atoms with E-state index in [1.54, 1.807) is 6.07 Å². The topological polar surface area (TPSA) is 45.0 Å². The summed E-state index contributed by atoms with van der Waals surface area (Å²) in [4.78, 5) is 22.3. The van der Waals surface area contributed by atoms with Crippen molar-refractivity contribution in [2.45, 2.75) is 5.75 Å². The molecule has 4 nitrogen and oxygen atoms in total. The van der Waals surface area contributed by atoms with Gasteiger partial charge in [0.2, 0.25) is 0 Å². The van der Waals surface area contributed by atoms with Gasteiger partial charge in [0, 0.05) is 11.3 Å². The second-order valence-corrected chi connectivity index (χ2v) is 6.19. The zero-order valence-electron chi connectivity index (χ0n) is 12.1. The van der Waals surface area contributed by atoms with Crippen LogP contribution in [0.2, 0.25) is 0 Å². The average molecular weight is 325 g/mol. The molecule has 0 fully saturated rings. The maximum Gasteiger partial charge on any atom is 0.267 e. The molecule has 2 heterocycles. The predicted octanol–water partition coefficient (Wildman–Crippen LogP) is 3.35. The third kappa shape index (κ3) is 2.66. The highest BCUT2D eigenvalue weighted by Gasteiger charge is 2.33. The van der Waals surface area contributed by atoms with Crippen LogP contribution in [0.15, 0.2) is 58.5 Å². The van der Waals surface area contributed by atoms with Crippen molar-refractivity contribution in [1.82, 2.24) is 4.90 Å². The molecule has 4 rings (SSSR count). The lowest BCUT2D eigenvalue weighted by Crippen LogP contribution is -2.35. The molecule has 2 aromatic carbocycles. The van der Waals surface area contributed by atoms with E-state index in [-0.39, 0.29) is 18.3 Å². The first kappa shape index (κ1) is 14.1. The molecule has 0 saturated carbocycles. The van der Waals surface area contributed by atoms with E-state index in [9.17, 15) is 9.18 Å².